The molecule has 172 valence electrons. The van der Waals surface area contributed by atoms with E-state index in [0.29, 0.717) is 22.7 Å². The van der Waals surface area contributed by atoms with Gasteiger partial charge >= 0.3 is 0 Å². The van der Waals surface area contributed by atoms with Crippen molar-refractivity contribution in [3.05, 3.63) is 64.3 Å². The zero-order chi connectivity index (χ0) is 23.5. The highest BCUT2D eigenvalue weighted by molar-refractivity contribution is 6.53. The quantitative estimate of drug-likeness (QED) is 0.657. The molecule has 1 fully saturated rings. The predicted octanol–water partition coefficient (Wildman–Crippen LogP) is 4.46. The van der Waals surface area contributed by atoms with Gasteiger partial charge in [0.1, 0.15) is 16.5 Å². The summed E-state index contributed by atoms with van der Waals surface area (Å²) >= 11 is 6.28. The standard InChI is InChI=1S/C25H26ClN3O4/c1-16-10-11-20(33-2)19(14-16)29-24(31)21(26)22(25(29)32)27-18-9-7-8-17(15-18)23(30)28-12-5-3-4-6-13-28/h7-11,14-15,27H,3-6,12-13H2,1-2H3. The summed E-state index contributed by atoms with van der Waals surface area (Å²) < 4.78 is 5.34. The molecule has 0 aromatic heterocycles. The number of methoxy groups -OCH3 is 1. The van der Waals surface area contributed by atoms with Crippen LogP contribution in [0, 0.1) is 6.92 Å². The number of ether oxygens (including phenoxy) is 1. The second-order valence-electron chi connectivity index (χ2n) is 8.22. The first-order chi connectivity index (χ1) is 15.9. The molecule has 0 unspecified atom stereocenters. The first-order valence-corrected chi connectivity index (χ1v) is 11.4. The van der Waals surface area contributed by atoms with Crippen LogP contribution in [0.3, 0.4) is 0 Å². The van der Waals surface area contributed by atoms with E-state index in [1.54, 1.807) is 36.4 Å². The van der Waals surface area contributed by atoms with Gasteiger partial charge in [0.05, 0.1) is 12.8 Å². The number of carbonyl (C=O) groups is 3. The minimum atomic E-state index is -0.634. The number of aryl methyl sites for hydroxylation is 1. The molecule has 2 heterocycles. The zero-order valence-electron chi connectivity index (χ0n) is 18.7. The van der Waals surface area contributed by atoms with Crippen LogP contribution in [0.4, 0.5) is 11.4 Å². The third-order valence-corrected chi connectivity index (χ3v) is 6.23. The number of nitrogens with zero attached hydrogens (tertiary/aromatic N) is 2. The monoisotopic (exact) mass is 467 g/mol. The first kappa shape index (κ1) is 22.9. The highest BCUT2D eigenvalue weighted by Gasteiger charge is 2.40. The van der Waals surface area contributed by atoms with Gasteiger partial charge in [-0.25, -0.2) is 4.90 Å². The van der Waals surface area contributed by atoms with Crippen molar-refractivity contribution in [2.24, 2.45) is 0 Å². The van der Waals surface area contributed by atoms with Crippen molar-refractivity contribution in [3.8, 4) is 5.75 Å². The van der Waals surface area contributed by atoms with E-state index in [9.17, 15) is 14.4 Å². The summed E-state index contributed by atoms with van der Waals surface area (Å²) in [5, 5.41) is 2.74. The molecule has 1 saturated heterocycles. The largest absolute Gasteiger partial charge is 0.495 e. The maximum absolute atomic E-state index is 13.2. The van der Waals surface area contributed by atoms with Crippen LogP contribution in [0.15, 0.2) is 53.2 Å². The number of hydrogen-bond acceptors (Lipinski definition) is 5. The van der Waals surface area contributed by atoms with Gasteiger partial charge in [-0.3, -0.25) is 14.4 Å². The van der Waals surface area contributed by atoms with Crippen molar-refractivity contribution in [1.82, 2.24) is 4.90 Å². The molecule has 3 amide bonds. The third-order valence-electron chi connectivity index (χ3n) is 5.87. The number of carbonyl (C=O) groups excluding carboxylic acids is 3. The van der Waals surface area contributed by atoms with Gasteiger partial charge in [-0.2, -0.15) is 0 Å². The Balaban J connectivity index is 1.58. The van der Waals surface area contributed by atoms with E-state index < -0.39 is 11.8 Å². The number of nitrogens with one attached hydrogen (secondary N) is 1. The second kappa shape index (κ2) is 9.67. The Kier molecular flexibility index (Phi) is 6.70. The Bertz CT molecular complexity index is 1140. The number of amides is 3. The highest BCUT2D eigenvalue weighted by atomic mass is 35.5. The maximum atomic E-state index is 13.2. The summed E-state index contributed by atoms with van der Waals surface area (Å²) in [6.45, 7) is 3.34. The fraction of sp³-hybridized carbons (Fsp3) is 0.320. The van der Waals surface area contributed by atoms with Gasteiger partial charge in [0.25, 0.3) is 17.7 Å². The predicted molar refractivity (Wildman–Crippen MR) is 128 cm³/mol. The molecule has 0 bridgehead atoms. The van der Waals surface area contributed by atoms with Crippen molar-refractivity contribution >= 4 is 40.7 Å². The van der Waals surface area contributed by atoms with E-state index in [-0.39, 0.29) is 16.6 Å². The highest BCUT2D eigenvalue weighted by Crippen LogP contribution is 2.36. The van der Waals surface area contributed by atoms with Crippen molar-refractivity contribution < 1.29 is 19.1 Å². The third kappa shape index (κ3) is 4.59. The molecule has 0 spiro atoms. The minimum absolute atomic E-state index is 0.0374. The number of imide groups is 1. The molecule has 0 atom stereocenters. The van der Waals surface area contributed by atoms with Crippen molar-refractivity contribution in [3.63, 3.8) is 0 Å². The molecular formula is C25H26ClN3O4. The van der Waals surface area contributed by atoms with Gasteiger partial charge < -0.3 is 15.0 Å². The van der Waals surface area contributed by atoms with Crippen LogP contribution in [0.5, 0.6) is 5.75 Å². The SMILES string of the molecule is COc1ccc(C)cc1N1C(=O)C(Cl)=C(Nc2cccc(C(=O)N3CCCCCC3)c2)C1=O. The van der Waals surface area contributed by atoms with Crippen molar-refractivity contribution in [2.75, 3.05) is 30.4 Å². The summed E-state index contributed by atoms with van der Waals surface area (Å²) in [6.07, 6.45) is 4.27. The Labute approximate surface area is 198 Å². The lowest BCUT2D eigenvalue weighted by atomic mass is 10.1. The van der Waals surface area contributed by atoms with Gasteiger partial charge in [-0.1, -0.05) is 36.6 Å². The molecule has 33 heavy (non-hydrogen) atoms. The Morgan fingerprint density at radius 1 is 1.00 bits per heavy atom. The van der Waals surface area contributed by atoms with E-state index >= 15 is 0 Å². The van der Waals surface area contributed by atoms with Crippen LogP contribution in [-0.4, -0.2) is 42.8 Å². The maximum Gasteiger partial charge on any atom is 0.283 e. The van der Waals surface area contributed by atoms with Crippen LogP contribution in [0.25, 0.3) is 0 Å². The molecule has 2 aromatic carbocycles. The van der Waals surface area contributed by atoms with Gasteiger partial charge in [0, 0.05) is 24.3 Å². The number of rotatable bonds is 5. The number of benzene rings is 2. The van der Waals surface area contributed by atoms with E-state index in [0.717, 1.165) is 49.2 Å². The Morgan fingerprint density at radius 2 is 1.73 bits per heavy atom. The Morgan fingerprint density at radius 3 is 2.42 bits per heavy atom. The molecule has 7 nitrogen and oxygen atoms in total. The summed E-state index contributed by atoms with van der Waals surface area (Å²) in [6, 6.07) is 12.1. The van der Waals surface area contributed by atoms with E-state index in [1.807, 2.05) is 17.9 Å². The lowest BCUT2D eigenvalue weighted by Crippen LogP contribution is -2.33. The molecule has 0 radical (unpaired) electrons. The van der Waals surface area contributed by atoms with E-state index in [4.69, 9.17) is 16.3 Å². The second-order valence-corrected chi connectivity index (χ2v) is 8.60. The fourth-order valence-electron chi connectivity index (χ4n) is 4.14. The van der Waals surface area contributed by atoms with Crippen molar-refractivity contribution in [2.45, 2.75) is 32.6 Å². The molecule has 0 aliphatic carbocycles. The van der Waals surface area contributed by atoms with Crippen LogP contribution in [0.2, 0.25) is 0 Å². The number of hydrogen-bond donors (Lipinski definition) is 1. The van der Waals surface area contributed by atoms with Crippen LogP contribution in [-0.2, 0) is 9.59 Å². The Hall–Kier alpha value is -3.32. The molecule has 4 rings (SSSR count). The number of likely N-dealkylation sites (tertiary alicyclic amines) is 1. The molecule has 2 aliphatic rings. The van der Waals surface area contributed by atoms with Crippen molar-refractivity contribution in [1.29, 1.82) is 0 Å². The molecule has 2 aliphatic heterocycles. The first-order valence-electron chi connectivity index (χ1n) is 11.0. The number of halogens is 1. The lowest BCUT2D eigenvalue weighted by Gasteiger charge is -2.21. The average molecular weight is 468 g/mol. The van der Waals surface area contributed by atoms with E-state index in [1.165, 1.54) is 7.11 Å². The van der Waals surface area contributed by atoms with Crippen LogP contribution >= 0.6 is 11.6 Å². The molecular weight excluding hydrogens is 442 g/mol. The summed E-state index contributed by atoms with van der Waals surface area (Å²) in [5.74, 6) is -0.873. The summed E-state index contributed by atoms with van der Waals surface area (Å²) in [4.78, 5) is 41.9. The van der Waals surface area contributed by atoms with Crippen LogP contribution in [0.1, 0.15) is 41.6 Å². The lowest BCUT2D eigenvalue weighted by molar-refractivity contribution is -0.120. The van der Waals surface area contributed by atoms with Gasteiger partial charge in [-0.05, 0) is 55.7 Å². The van der Waals surface area contributed by atoms with Crippen LogP contribution < -0.4 is 15.0 Å². The summed E-state index contributed by atoms with van der Waals surface area (Å²) in [5.41, 5.74) is 2.18. The molecule has 2 aromatic rings. The molecule has 0 saturated carbocycles. The zero-order valence-corrected chi connectivity index (χ0v) is 19.4. The average Bonchev–Trinajstić information content (AvgIpc) is 3.02. The molecule has 8 heteroatoms. The number of anilines is 2. The van der Waals surface area contributed by atoms with Gasteiger partial charge in [0.2, 0.25) is 0 Å². The summed E-state index contributed by atoms with van der Waals surface area (Å²) in [7, 11) is 1.47. The molecule has 1 N–H and O–H groups in total. The van der Waals surface area contributed by atoms with Gasteiger partial charge in [0.15, 0.2) is 0 Å². The minimum Gasteiger partial charge on any atom is -0.495 e. The smallest absolute Gasteiger partial charge is 0.283 e. The van der Waals surface area contributed by atoms with E-state index in [2.05, 4.69) is 5.32 Å². The van der Waals surface area contributed by atoms with Gasteiger partial charge in [-0.15, -0.1) is 0 Å². The fourth-order valence-corrected chi connectivity index (χ4v) is 4.35. The normalized spacial score (nSPS) is 16.8. The topological polar surface area (TPSA) is 79.0 Å².